The summed E-state index contributed by atoms with van der Waals surface area (Å²) in [6, 6.07) is 8.37. The van der Waals surface area contributed by atoms with Crippen LogP contribution in [0.3, 0.4) is 0 Å². The molecule has 6 nitrogen and oxygen atoms in total. The molecule has 2 heterocycles. The van der Waals surface area contributed by atoms with E-state index in [9.17, 15) is 18.4 Å². The third-order valence-electron chi connectivity index (χ3n) is 4.46. The van der Waals surface area contributed by atoms with Gasteiger partial charge in [0.05, 0.1) is 18.5 Å². The summed E-state index contributed by atoms with van der Waals surface area (Å²) >= 11 is 0. The molecule has 0 unspecified atom stereocenters. The summed E-state index contributed by atoms with van der Waals surface area (Å²) < 4.78 is 38.7. The van der Waals surface area contributed by atoms with Crippen molar-refractivity contribution in [3.8, 4) is 0 Å². The van der Waals surface area contributed by atoms with Gasteiger partial charge in [-0.3, -0.25) is 4.79 Å². The highest BCUT2D eigenvalue weighted by Crippen LogP contribution is 2.19. The van der Waals surface area contributed by atoms with Crippen molar-refractivity contribution in [3.63, 3.8) is 0 Å². The molecular weight excluding hydrogens is 394 g/mol. The summed E-state index contributed by atoms with van der Waals surface area (Å²) in [6.45, 7) is 3.84. The molecule has 0 saturated heterocycles. The molecule has 1 N–H and O–H groups in total. The fourth-order valence-corrected chi connectivity index (χ4v) is 2.92. The summed E-state index contributed by atoms with van der Waals surface area (Å²) in [5.41, 5.74) is 2.57. The van der Waals surface area contributed by atoms with Crippen LogP contribution in [0.15, 0.2) is 53.2 Å². The zero-order valence-corrected chi connectivity index (χ0v) is 16.4. The Hall–Kier alpha value is -3.68. The third-order valence-corrected chi connectivity index (χ3v) is 4.46. The molecule has 2 aromatic heterocycles. The molecule has 8 heteroatoms. The number of aryl methyl sites for hydroxylation is 1. The number of hydrogen-bond donors (Lipinski definition) is 1. The molecule has 1 aromatic carbocycles. The summed E-state index contributed by atoms with van der Waals surface area (Å²) in [7, 11) is 0. The molecule has 0 aliphatic carbocycles. The van der Waals surface area contributed by atoms with Crippen molar-refractivity contribution in [2.45, 2.75) is 20.4 Å². The Morgan fingerprint density at radius 3 is 2.70 bits per heavy atom. The van der Waals surface area contributed by atoms with Gasteiger partial charge in [-0.25, -0.2) is 13.6 Å². The molecule has 0 atom stereocenters. The van der Waals surface area contributed by atoms with Gasteiger partial charge in [-0.05, 0) is 55.8 Å². The summed E-state index contributed by atoms with van der Waals surface area (Å²) in [6.07, 6.45) is 4.42. The SMILES string of the molecule is Cc1cc(/C=C/C(=O)OCC(=O)Nc2ccc(F)cc2F)c(C)n1Cc1ccco1. The van der Waals surface area contributed by atoms with Gasteiger partial charge < -0.3 is 19.0 Å². The van der Waals surface area contributed by atoms with Crippen molar-refractivity contribution >= 4 is 23.6 Å². The lowest BCUT2D eigenvalue weighted by Crippen LogP contribution is -2.20. The van der Waals surface area contributed by atoms with Crippen LogP contribution in [0.2, 0.25) is 0 Å². The number of rotatable bonds is 7. The minimum atomic E-state index is -0.917. The highest BCUT2D eigenvalue weighted by molar-refractivity contribution is 5.94. The Labute approximate surface area is 171 Å². The van der Waals surface area contributed by atoms with Crippen LogP contribution in [0.5, 0.6) is 0 Å². The maximum atomic E-state index is 13.5. The molecule has 0 saturated carbocycles. The van der Waals surface area contributed by atoms with Gasteiger partial charge in [-0.1, -0.05) is 0 Å². The molecule has 0 radical (unpaired) electrons. The van der Waals surface area contributed by atoms with Crippen LogP contribution in [-0.4, -0.2) is 23.1 Å². The topological polar surface area (TPSA) is 73.5 Å². The highest BCUT2D eigenvalue weighted by atomic mass is 19.1. The smallest absolute Gasteiger partial charge is 0.331 e. The van der Waals surface area contributed by atoms with Crippen LogP contribution in [0, 0.1) is 25.5 Å². The zero-order chi connectivity index (χ0) is 21.7. The number of esters is 1. The van der Waals surface area contributed by atoms with E-state index in [1.165, 1.54) is 6.08 Å². The van der Waals surface area contributed by atoms with Crippen molar-refractivity contribution in [2.24, 2.45) is 0 Å². The zero-order valence-electron chi connectivity index (χ0n) is 16.4. The Kier molecular flexibility index (Phi) is 6.46. The second kappa shape index (κ2) is 9.21. The van der Waals surface area contributed by atoms with Gasteiger partial charge >= 0.3 is 5.97 Å². The van der Waals surface area contributed by atoms with Crippen molar-refractivity contribution < 1.29 is 27.5 Å². The lowest BCUT2D eigenvalue weighted by molar-refractivity contribution is -0.142. The standard InChI is InChI=1S/C22H20F2N2O4/c1-14-10-16(15(2)26(14)12-18-4-3-9-29-18)5-8-22(28)30-13-21(27)25-20-7-6-17(23)11-19(20)24/h3-11H,12-13H2,1-2H3,(H,25,27)/b8-5+. The molecular formula is C22H20F2N2O4. The second-order valence-electron chi connectivity index (χ2n) is 6.61. The van der Waals surface area contributed by atoms with E-state index < -0.39 is 30.1 Å². The molecule has 30 heavy (non-hydrogen) atoms. The Morgan fingerprint density at radius 1 is 1.20 bits per heavy atom. The molecule has 3 aromatic rings. The van der Waals surface area contributed by atoms with E-state index in [1.807, 2.05) is 32.0 Å². The number of ether oxygens (including phenoxy) is 1. The number of nitrogens with zero attached hydrogens (tertiary/aromatic N) is 1. The summed E-state index contributed by atoms with van der Waals surface area (Å²) in [4.78, 5) is 23.7. The molecule has 0 aliphatic heterocycles. The summed E-state index contributed by atoms with van der Waals surface area (Å²) in [5, 5.41) is 2.21. The fraction of sp³-hybridized carbons (Fsp3) is 0.182. The van der Waals surface area contributed by atoms with Crippen LogP contribution in [-0.2, 0) is 20.9 Å². The number of benzene rings is 1. The lowest BCUT2D eigenvalue weighted by atomic mass is 10.2. The predicted octanol–water partition coefficient (Wildman–Crippen LogP) is 4.22. The maximum Gasteiger partial charge on any atom is 0.331 e. The van der Waals surface area contributed by atoms with Gasteiger partial charge in [-0.15, -0.1) is 0 Å². The molecule has 1 amide bonds. The van der Waals surface area contributed by atoms with Gasteiger partial charge in [0.15, 0.2) is 6.61 Å². The van der Waals surface area contributed by atoms with Crippen LogP contribution in [0.25, 0.3) is 6.08 Å². The largest absolute Gasteiger partial charge is 0.467 e. The normalized spacial score (nSPS) is 11.1. The minimum Gasteiger partial charge on any atom is -0.467 e. The Balaban J connectivity index is 1.55. The number of aromatic nitrogens is 1. The maximum absolute atomic E-state index is 13.5. The van der Waals surface area contributed by atoms with Gasteiger partial charge in [0.25, 0.3) is 5.91 Å². The van der Waals surface area contributed by atoms with Gasteiger partial charge in [0.1, 0.15) is 17.4 Å². The van der Waals surface area contributed by atoms with Crippen molar-refractivity contribution in [1.82, 2.24) is 4.57 Å². The first-order chi connectivity index (χ1) is 14.3. The number of anilines is 1. The van der Waals surface area contributed by atoms with E-state index in [4.69, 9.17) is 9.15 Å². The molecule has 0 spiro atoms. The van der Waals surface area contributed by atoms with Gasteiger partial charge in [-0.2, -0.15) is 0 Å². The van der Waals surface area contributed by atoms with Crippen molar-refractivity contribution in [2.75, 3.05) is 11.9 Å². The Bertz CT molecular complexity index is 1090. The fourth-order valence-electron chi connectivity index (χ4n) is 2.92. The van der Waals surface area contributed by atoms with E-state index in [1.54, 1.807) is 12.3 Å². The van der Waals surface area contributed by atoms with Crippen molar-refractivity contribution in [1.29, 1.82) is 0 Å². The van der Waals surface area contributed by atoms with E-state index in [-0.39, 0.29) is 5.69 Å². The minimum absolute atomic E-state index is 0.197. The number of amides is 1. The van der Waals surface area contributed by atoms with Gasteiger partial charge in [0, 0.05) is 23.5 Å². The average Bonchev–Trinajstić information content (AvgIpc) is 3.31. The van der Waals surface area contributed by atoms with E-state index in [0.717, 1.165) is 34.8 Å². The summed E-state index contributed by atoms with van der Waals surface area (Å²) in [5.74, 6) is -2.32. The van der Waals surface area contributed by atoms with Crippen LogP contribution in [0.4, 0.5) is 14.5 Å². The van der Waals surface area contributed by atoms with Crippen LogP contribution in [0.1, 0.15) is 22.7 Å². The quantitative estimate of drug-likeness (QED) is 0.464. The highest BCUT2D eigenvalue weighted by Gasteiger charge is 2.11. The number of furan rings is 1. The second-order valence-corrected chi connectivity index (χ2v) is 6.61. The number of nitrogens with one attached hydrogen (secondary N) is 1. The first kappa shape index (κ1) is 21.0. The number of hydrogen-bond acceptors (Lipinski definition) is 4. The monoisotopic (exact) mass is 414 g/mol. The number of carbonyl (C=O) groups is 2. The molecule has 156 valence electrons. The van der Waals surface area contributed by atoms with E-state index in [2.05, 4.69) is 9.88 Å². The van der Waals surface area contributed by atoms with Gasteiger partial charge in [0.2, 0.25) is 0 Å². The number of carbonyl (C=O) groups excluding carboxylic acids is 2. The van der Waals surface area contributed by atoms with E-state index >= 15 is 0 Å². The predicted molar refractivity (Wildman–Crippen MR) is 107 cm³/mol. The van der Waals surface area contributed by atoms with E-state index in [0.29, 0.717) is 12.6 Å². The lowest BCUT2D eigenvalue weighted by Gasteiger charge is -2.07. The molecule has 0 bridgehead atoms. The average molecular weight is 414 g/mol. The molecule has 3 rings (SSSR count). The molecule has 0 aliphatic rings. The first-order valence-corrected chi connectivity index (χ1v) is 9.12. The molecule has 0 fully saturated rings. The van der Waals surface area contributed by atoms with Crippen LogP contribution < -0.4 is 5.32 Å². The van der Waals surface area contributed by atoms with Crippen molar-refractivity contribution in [3.05, 3.63) is 83.1 Å². The Morgan fingerprint density at radius 2 is 2.00 bits per heavy atom. The number of halogens is 2. The first-order valence-electron chi connectivity index (χ1n) is 9.12. The van der Waals surface area contributed by atoms with Crippen LogP contribution >= 0.6 is 0 Å². The third kappa shape index (κ3) is 5.22.